The summed E-state index contributed by atoms with van der Waals surface area (Å²) in [7, 11) is 1.73. The van der Waals surface area contributed by atoms with Crippen LogP contribution in [-0.4, -0.2) is 43.1 Å². The molecule has 2 aliphatic heterocycles. The average molecular weight is 483 g/mol. The Morgan fingerprint density at radius 2 is 1.06 bits per heavy atom. The molecule has 2 fully saturated rings. The summed E-state index contributed by atoms with van der Waals surface area (Å²) in [5.74, 6) is 2.58. The zero-order chi connectivity index (χ0) is 24.6. The third kappa shape index (κ3) is 7.21. The topological polar surface area (TPSA) is 15.7 Å². The summed E-state index contributed by atoms with van der Waals surface area (Å²) in [4.78, 5) is 5.31. The van der Waals surface area contributed by atoms with Gasteiger partial charge in [-0.05, 0) is 111 Å². The van der Waals surface area contributed by atoms with Crippen molar-refractivity contribution >= 4 is 0 Å². The number of piperidine rings is 2. The van der Waals surface area contributed by atoms with Gasteiger partial charge in [0, 0.05) is 13.1 Å². The van der Waals surface area contributed by atoms with Crippen LogP contribution in [0.3, 0.4) is 0 Å². The van der Waals surface area contributed by atoms with Gasteiger partial charge < -0.3 is 4.74 Å². The largest absolute Gasteiger partial charge is 0.497 e. The fraction of sp³-hybridized carbons (Fsp3) is 0.455. The molecule has 0 saturated carbocycles. The first-order valence-electron chi connectivity index (χ1n) is 13.9. The monoisotopic (exact) mass is 482 g/mol. The third-order valence-electron chi connectivity index (χ3n) is 8.27. The molecule has 5 rings (SSSR count). The van der Waals surface area contributed by atoms with E-state index in [-0.39, 0.29) is 0 Å². The molecule has 0 aliphatic carbocycles. The van der Waals surface area contributed by atoms with Crippen LogP contribution in [0, 0.1) is 11.8 Å². The van der Waals surface area contributed by atoms with Crippen LogP contribution in [0.15, 0.2) is 78.9 Å². The van der Waals surface area contributed by atoms with Crippen LogP contribution in [-0.2, 0) is 25.9 Å². The normalized spacial score (nSPS) is 18.4. The van der Waals surface area contributed by atoms with Gasteiger partial charge in [-0.2, -0.15) is 0 Å². The summed E-state index contributed by atoms with van der Waals surface area (Å²) in [6.45, 7) is 7.05. The van der Waals surface area contributed by atoms with Crippen molar-refractivity contribution in [3.05, 3.63) is 101 Å². The zero-order valence-electron chi connectivity index (χ0n) is 21.9. The van der Waals surface area contributed by atoms with E-state index in [1.54, 1.807) is 7.11 Å². The minimum atomic E-state index is 0.797. The van der Waals surface area contributed by atoms with E-state index in [4.69, 9.17) is 4.74 Å². The fourth-order valence-corrected chi connectivity index (χ4v) is 6.08. The molecule has 190 valence electrons. The Kier molecular flexibility index (Phi) is 8.74. The summed E-state index contributed by atoms with van der Waals surface area (Å²) in [6.07, 6.45) is 7.66. The molecule has 2 heterocycles. The van der Waals surface area contributed by atoms with E-state index in [0.717, 1.165) is 30.7 Å². The number of ether oxygens (including phenoxy) is 1. The first kappa shape index (κ1) is 25.0. The molecule has 0 unspecified atom stereocenters. The number of likely N-dealkylation sites (tertiary alicyclic amines) is 2. The van der Waals surface area contributed by atoms with Gasteiger partial charge in [0.15, 0.2) is 0 Å². The van der Waals surface area contributed by atoms with Crippen LogP contribution >= 0.6 is 0 Å². The van der Waals surface area contributed by atoms with Crippen LogP contribution in [0.2, 0.25) is 0 Å². The Balaban J connectivity index is 1.05. The summed E-state index contributed by atoms with van der Waals surface area (Å²) >= 11 is 0. The highest BCUT2D eigenvalue weighted by atomic mass is 16.5. The minimum absolute atomic E-state index is 0.797. The lowest BCUT2D eigenvalue weighted by molar-refractivity contribution is 0.174. The predicted octanol–water partition coefficient (Wildman–Crippen LogP) is 6.60. The second-order valence-corrected chi connectivity index (χ2v) is 11.0. The summed E-state index contributed by atoms with van der Waals surface area (Å²) in [6, 6.07) is 29.0. The van der Waals surface area contributed by atoms with E-state index in [0.29, 0.717) is 0 Å². The molecule has 3 aromatic carbocycles. The van der Waals surface area contributed by atoms with Gasteiger partial charge >= 0.3 is 0 Å². The van der Waals surface area contributed by atoms with Crippen molar-refractivity contribution in [2.75, 3.05) is 33.3 Å². The fourth-order valence-electron chi connectivity index (χ4n) is 6.08. The van der Waals surface area contributed by atoms with E-state index in [9.17, 15) is 0 Å². The Labute approximate surface area is 218 Å². The lowest BCUT2D eigenvalue weighted by atomic mass is 9.90. The highest BCUT2D eigenvalue weighted by Gasteiger charge is 2.21. The number of methoxy groups -OCH3 is 1. The van der Waals surface area contributed by atoms with Crippen molar-refractivity contribution in [3.63, 3.8) is 0 Å². The Morgan fingerprint density at radius 1 is 0.583 bits per heavy atom. The Bertz CT molecular complexity index is 1050. The SMILES string of the molecule is COc1ccc(CC2CCN(Cc3cccc(CN4CCC(Cc5ccccc5)CC4)c3)CC2)cc1. The third-order valence-corrected chi connectivity index (χ3v) is 8.27. The molecule has 2 saturated heterocycles. The number of nitrogens with zero attached hydrogens (tertiary/aromatic N) is 2. The lowest BCUT2D eigenvalue weighted by Gasteiger charge is -2.33. The van der Waals surface area contributed by atoms with Crippen molar-refractivity contribution in [1.82, 2.24) is 9.80 Å². The molecule has 0 radical (unpaired) electrons. The highest BCUT2D eigenvalue weighted by molar-refractivity contribution is 5.27. The highest BCUT2D eigenvalue weighted by Crippen LogP contribution is 2.25. The maximum atomic E-state index is 5.30. The molecule has 3 nitrogen and oxygen atoms in total. The van der Waals surface area contributed by atoms with Crippen LogP contribution in [0.5, 0.6) is 5.75 Å². The van der Waals surface area contributed by atoms with Crippen molar-refractivity contribution in [2.45, 2.75) is 51.6 Å². The van der Waals surface area contributed by atoms with Gasteiger partial charge in [-0.3, -0.25) is 9.80 Å². The van der Waals surface area contributed by atoms with Gasteiger partial charge in [0.05, 0.1) is 7.11 Å². The van der Waals surface area contributed by atoms with Gasteiger partial charge in [-0.1, -0.05) is 66.7 Å². The molecule has 0 atom stereocenters. The van der Waals surface area contributed by atoms with Crippen molar-refractivity contribution in [3.8, 4) is 5.75 Å². The minimum Gasteiger partial charge on any atom is -0.497 e. The number of hydrogen-bond acceptors (Lipinski definition) is 3. The predicted molar refractivity (Wildman–Crippen MR) is 149 cm³/mol. The molecule has 3 heteroatoms. The smallest absolute Gasteiger partial charge is 0.118 e. The van der Waals surface area contributed by atoms with Crippen molar-refractivity contribution in [1.29, 1.82) is 0 Å². The van der Waals surface area contributed by atoms with Crippen LogP contribution in [0.4, 0.5) is 0 Å². The van der Waals surface area contributed by atoms with Crippen LogP contribution in [0.1, 0.15) is 47.9 Å². The van der Waals surface area contributed by atoms with E-state index < -0.39 is 0 Å². The second kappa shape index (κ2) is 12.6. The molecular weight excluding hydrogens is 440 g/mol. The first-order valence-corrected chi connectivity index (χ1v) is 13.9. The number of rotatable bonds is 9. The molecule has 3 aromatic rings. The van der Waals surface area contributed by atoms with Crippen molar-refractivity contribution < 1.29 is 4.74 Å². The van der Waals surface area contributed by atoms with Crippen LogP contribution < -0.4 is 4.74 Å². The standard InChI is InChI=1S/C33H42N2O/c1-36-33-12-10-28(11-13-33)23-30-16-20-35(21-17-30)26-32-9-5-8-31(24-32)25-34-18-14-29(15-19-34)22-27-6-3-2-4-7-27/h2-13,24,29-30H,14-23,25-26H2,1H3. The zero-order valence-corrected chi connectivity index (χ0v) is 21.9. The average Bonchev–Trinajstić information content (AvgIpc) is 2.92. The Hall–Kier alpha value is -2.62. The maximum absolute atomic E-state index is 5.30. The van der Waals surface area contributed by atoms with Gasteiger partial charge in [-0.25, -0.2) is 0 Å². The quantitative estimate of drug-likeness (QED) is 0.341. The number of hydrogen-bond donors (Lipinski definition) is 0. The van der Waals surface area contributed by atoms with Crippen LogP contribution in [0.25, 0.3) is 0 Å². The molecule has 0 spiro atoms. The number of benzene rings is 3. The summed E-state index contributed by atoms with van der Waals surface area (Å²) < 4.78 is 5.30. The molecule has 36 heavy (non-hydrogen) atoms. The summed E-state index contributed by atoms with van der Waals surface area (Å²) in [5, 5.41) is 0. The molecule has 0 aromatic heterocycles. The molecular formula is C33H42N2O. The molecule has 2 aliphatic rings. The van der Waals surface area contributed by atoms with Gasteiger partial charge in [0.1, 0.15) is 5.75 Å². The van der Waals surface area contributed by atoms with E-state index >= 15 is 0 Å². The van der Waals surface area contributed by atoms with Gasteiger partial charge in [-0.15, -0.1) is 0 Å². The van der Waals surface area contributed by atoms with Gasteiger partial charge in [0.2, 0.25) is 0 Å². The maximum Gasteiger partial charge on any atom is 0.118 e. The van der Waals surface area contributed by atoms with Crippen molar-refractivity contribution in [2.24, 2.45) is 11.8 Å². The van der Waals surface area contributed by atoms with E-state index in [2.05, 4.69) is 88.7 Å². The first-order chi connectivity index (χ1) is 17.7. The van der Waals surface area contributed by atoms with Gasteiger partial charge in [0.25, 0.3) is 0 Å². The molecule has 0 bridgehead atoms. The molecule has 0 N–H and O–H groups in total. The second-order valence-electron chi connectivity index (χ2n) is 11.0. The Morgan fingerprint density at radius 3 is 1.56 bits per heavy atom. The summed E-state index contributed by atoms with van der Waals surface area (Å²) in [5.41, 5.74) is 5.88. The van der Waals surface area contributed by atoms with E-state index in [1.165, 1.54) is 87.0 Å². The lowest BCUT2D eigenvalue weighted by Crippen LogP contribution is -2.34. The van der Waals surface area contributed by atoms with E-state index in [1.807, 2.05) is 0 Å². The molecule has 0 amide bonds.